The summed E-state index contributed by atoms with van der Waals surface area (Å²) >= 11 is 0. The van der Waals surface area contributed by atoms with E-state index in [-0.39, 0.29) is 17.7 Å². The Morgan fingerprint density at radius 1 is 1.20 bits per heavy atom. The van der Waals surface area contributed by atoms with Crippen LogP contribution in [0.2, 0.25) is 0 Å². The van der Waals surface area contributed by atoms with Gasteiger partial charge in [0, 0.05) is 12.5 Å². The summed E-state index contributed by atoms with van der Waals surface area (Å²) in [6.45, 7) is 12.1. The molecule has 90 valence electrons. The summed E-state index contributed by atoms with van der Waals surface area (Å²) < 4.78 is 5.50. The van der Waals surface area contributed by atoms with Crippen LogP contribution in [0.1, 0.15) is 34.6 Å². The summed E-state index contributed by atoms with van der Waals surface area (Å²) in [7, 11) is 0. The zero-order valence-electron chi connectivity index (χ0n) is 10.7. The molecule has 1 N–H and O–H groups in total. The molecule has 0 rings (SSSR count). The van der Waals surface area contributed by atoms with Gasteiger partial charge in [-0.05, 0) is 12.5 Å². The van der Waals surface area contributed by atoms with Gasteiger partial charge in [-0.2, -0.15) is 0 Å². The number of carbonyl (C=O) groups excluding carboxylic acids is 1. The second-order valence-corrected chi connectivity index (χ2v) is 4.60. The van der Waals surface area contributed by atoms with E-state index in [1.54, 1.807) is 0 Å². The predicted octanol–water partition coefficient (Wildman–Crippen LogP) is 1.86. The van der Waals surface area contributed by atoms with E-state index >= 15 is 0 Å². The summed E-state index contributed by atoms with van der Waals surface area (Å²) in [5.74, 6) is 0.818. The van der Waals surface area contributed by atoms with Gasteiger partial charge in [0.2, 0.25) is 0 Å². The monoisotopic (exact) mass is 215 g/mol. The van der Waals surface area contributed by atoms with Crippen LogP contribution in [0.3, 0.4) is 0 Å². The molecular weight excluding hydrogens is 190 g/mol. The van der Waals surface area contributed by atoms with Crippen LogP contribution in [-0.4, -0.2) is 31.6 Å². The SMILES string of the molecule is CCN[C@@H](COCC(C)C)C(=O)C(C)C. The van der Waals surface area contributed by atoms with Crippen LogP contribution in [-0.2, 0) is 9.53 Å². The number of ether oxygens (including phenoxy) is 1. The van der Waals surface area contributed by atoms with Crippen molar-refractivity contribution in [3.63, 3.8) is 0 Å². The van der Waals surface area contributed by atoms with Crippen LogP contribution in [0.5, 0.6) is 0 Å². The van der Waals surface area contributed by atoms with Gasteiger partial charge in [-0.3, -0.25) is 4.79 Å². The van der Waals surface area contributed by atoms with Crippen molar-refractivity contribution < 1.29 is 9.53 Å². The van der Waals surface area contributed by atoms with Gasteiger partial charge in [-0.1, -0.05) is 34.6 Å². The Hall–Kier alpha value is -0.410. The van der Waals surface area contributed by atoms with Crippen LogP contribution >= 0.6 is 0 Å². The van der Waals surface area contributed by atoms with Crippen molar-refractivity contribution in [2.24, 2.45) is 11.8 Å². The molecule has 3 nitrogen and oxygen atoms in total. The molecule has 0 saturated heterocycles. The molecule has 3 heteroatoms. The van der Waals surface area contributed by atoms with E-state index in [1.165, 1.54) is 0 Å². The Balaban J connectivity index is 3.98. The molecule has 0 aromatic heterocycles. The van der Waals surface area contributed by atoms with Crippen LogP contribution in [0.25, 0.3) is 0 Å². The van der Waals surface area contributed by atoms with Gasteiger partial charge in [0.05, 0.1) is 12.6 Å². The fourth-order valence-electron chi connectivity index (χ4n) is 1.31. The molecule has 0 aromatic carbocycles. The zero-order chi connectivity index (χ0) is 11.8. The number of hydrogen-bond acceptors (Lipinski definition) is 3. The molecule has 15 heavy (non-hydrogen) atoms. The summed E-state index contributed by atoms with van der Waals surface area (Å²) in [6.07, 6.45) is 0. The Morgan fingerprint density at radius 3 is 2.20 bits per heavy atom. The normalized spacial score (nSPS) is 13.5. The molecular formula is C12H25NO2. The fourth-order valence-corrected chi connectivity index (χ4v) is 1.31. The standard InChI is InChI=1S/C12H25NO2/c1-6-13-11(12(14)10(4)5)8-15-7-9(2)3/h9-11,13H,6-8H2,1-5H3/t11-/m0/s1. The third-order valence-electron chi connectivity index (χ3n) is 2.10. The highest BCUT2D eigenvalue weighted by atomic mass is 16.5. The molecule has 0 saturated carbocycles. The minimum atomic E-state index is -0.145. The van der Waals surface area contributed by atoms with Crippen molar-refractivity contribution in [2.45, 2.75) is 40.7 Å². The van der Waals surface area contributed by atoms with Gasteiger partial charge < -0.3 is 10.1 Å². The Morgan fingerprint density at radius 2 is 1.80 bits per heavy atom. The maximum absolute atomic E-state index is 11.8. The molecule has 0 heterocycles. The van der Waals surface area contributed by atoms with Crippen molar-refractivity contribution >= 4 is 5.78 Å². The number of likely N-dealkylation sites (N-methyl/N-ethyl adjacent to an activating group) is 1. The van der Waals surface area contributed by atoms with Gasteiger partial charge in [-0.25, -0.2) is 0 Å². The van der Waals surface area contributed by atoms with Gasteiger partial charge in [-0.15, -0.1) is 0 Å². The molecule has 0 radical (unpaired) electrons. The van der Waals surface area contributed by atoms with E-state index < -0.39 is 0 Å². The topological polar surface area (TPSA) is 38.3 Å². The number of rotatable bonds is 8. The van der Waals surface area contributed by atoms with Gasteiger partial charge in [0.1, 0.15) is 0 Å². The molecule has 0 aliphatic carbocycles. The van der Waals surface area contributed by atoms with Crippen LogP contribution in [0.4, 0.5) is 0 Å². The maximum Gasteiger partial charge on any atom is 0.154 e. The lowest BCUT2D eigenvalue weighted by Crippen LogP contribution is -2.42. The average Bonchev–Trinajstić information content (AvgIpc) is 2.14. The first-order chi connectivity index (χ1) is 6.99. The van der Waals surface area contributed by atoms with Crippen molar-refractivity contribution in [1.82, 2.24) is 5.32 Å². The molecule has 0 aromatic rings. The van der Waals surface area contributed by atoms with Crippen molar-refractivity contribution in [3.8, 4) is 0 Å². The molecule has 0 aliphatic rings. The van der Waals surface area contributed by atoms with Crippen molar-refractivity contribution in [1.29, 1.82) is 0 Å². The van der Waals surface area contributed by atoms with Gasteiger partial charge >= 0.3 is 0 Å². The highest BCUT2D eigenvalue weighted by molar-refractivity contribution is 5.85. The summed E-state index contributed by atoms with van der Waals surface area (Å²) in [6, 6.07) is -0.145. The van der Waals surface area contributed by atoms with Crippen molar-refractivity contribution in [2.75, 3.05) is 19.8 Å². The van der Waals surface area contributed by atoms with E-state index in [0.717, 1.165) is 6.54 Å². The van der Waals surface area contributed by atoms with Crippen LogP contribution in [0.15, 0.2) is 0 Å². The van der Waals surface area contributed by atoms with E-state index in [1.807, 2.05) is 20.8 Å². The molecule has 1 atom stereocenters. The molecule has 0 spiro atoms. The smallest absolute Gasteiger partial charge is 0.154 e. The Kier molecular flexibility index (Phi) is 7.61. The molecule has 0 amide bonds. The minimum Gasteiger partial charge on any atom is -0.379 e. The summed E-state index contributed by atoms with van der Waals surface area (Å²) in [5.41, 5.74) is 0. The first-order valence-corrected chi connectivity index (χ1v) is 5.83. The minimum absolute atomic E-state index is 0.0664. The molecule has 0 fully saturated rings. The second-order valence-electron chi connectivity index (χ2n) is 4.60. The summed E-state index contributed by atoms with van der Waals surface area (Å²) in [4.78, 5) is 11.8. The highest BCUT2D eigenvalue weighted by Gasteiger charge is 2.20. The highest BCUT2D eigenvalue weighted by Crippen LogP contribution is 2.02. The number of hydrogen-bond donors (Lipinski definition) is 1. The number of ketones is 1. The van der Waals surface area contributed by atoms with Gasteiger partial charge in [0.15, 0.2) is 5.78 Å². The zero-order valence-corrected chi connectivity index (χ0v) is 10.7. The van der Waals surface area contributed by atoms with Crippen molar-refractivity contribution in [3.05, 3.63) is 0 Å². The Bertz CT molecular complexity index is 178. The third-order valence-corrected chi connectivity index (χ3v) is 2.10. The third kappa shape index (κ3) is 6.63. The first-order valence-electron chi connectivity index (χ1n) is 5.83. The fraction of sp³-hybridized carbons (Fsp3) is 0.917. The number of carbonyl (C=O) groups is 1. The Labute approximate surface area is 93.6 Å². The second kappa shape index (κ2) is 7.83. The molecule has 0 unspecified atom stereocenters. The maximum atomic E-state index is 11.8. The lowest BCUT2D eigenvalue weighted by atomic mass is 10.0. The molecule has 0 bridgehead atoms. The lowest BCUT2D eigenvalue weighted by molar-refractivity contribution is -0.125. The van der Waals surface area contributed by atoms with E-state index in [4.69, 9.17) is 4.74 Å². The van der Waals surface area contributed by atoms with E-state index in [0.29, 0.717) is 19.1 Å². The number of nitrogens with one attached hydrogen (secondary N) is 1. The predicted molar refractivity (Wildman–Crippen MR) is 63.0 cm³/mol. The van der Waals surface area contributed by atoms with Crippen LogP contribution < -0.4 is 5.32 Å². The largest absolute Gasteiger partial charge is 0.379 e. The summed E-state index contributed by atoms with van der Waals surface area (Å²) in [5, 5.41) is 3.16. The van der Waals surface area contributed by atoms with Gasteiger partial charge in [0.25, 0.3) is 0 Å². The van der Waals surface area contributed by atoms with E-state index in [9.17, 15) is 4.79 Å². The quantitative estimate of drug-likeness (QED) is 0.671. The average molecular weight is 215 g/mol. The van der Waals surface area contributed by atoms with E-state index in [2.05, 4.69) is 19.2 Å². The number of Topliss-reactive ketones (excluding diaryl/α,β-unsaturated/α-hetero) is 1. The first kappa shape index (κ1) is 14.6. The van der Waals surface area contributed by atoms with Crippen LogP contribution in [0, 0.1) is 11.8 Å². The lowest BCUT2D eigenvalue weighted by Gasteiger charge is -2.19. The molecule has 0 aliphatic heterocycles.